The van der Waals surface area contributed by atoms with Gasteiger partial charge in [0.2, 0.25) is 5.91 Å². The molecule has 0 bridgehead atoms. The third-order valence-corrected chi connectivity index (χ3v) is 4.24. The van der Waals surface area contributed by atoms with Crippen LogP contribution in [0.5, 0.6) is 0 Å². The number of aryl methyl sites for hydroxylation is 1. The lowest BCUT2D eigenvalue weighted by Gasteiger charge is -2.35. The maximum Gasteiger partial charge on any atom is 0.224 e. The Balaban J connectivity index is 1.54. The van der Waals surface area contributed by atoms with Gasteiger partial charge in [0, 0.05) is 5.56 Å². The molecule has 4 nitrogen and oxygen atoms in total. The molecule has 0 saturated carbocycles. The third kappa shape index (κ3) is 4.22. The zero-order valence-electron chi connectivity index (χ0n) is 14.1. The summed E-state index contributed by atoms with van der Waals surface area (Å²) in [6, 6.07) is 17.7. The summed E-state index contributed by atoms with van der Waals surface area (Å²) in [5, 5.41) is 3.01. The Morgan fingerprint density at radius 3 is 2.50 bits per heavy atom. The van der Waals surface area contributed by atoms with E-state index in [1.807, 2.05) is 68.4 Å². The lowest BCUT2D eigenvalue weighted by Crippen LogP contribution is -2.50. The molecule has 1 N–H and O–H groups in total. The Hall–Kier alpha value is -2.17. The quantitative estimate of drug-likeness (QED) is 0.939. The molecule has 126 valence electrons. The molecule has 1 aliphatic rings. The molecule has 3 rings (SSSR count). The van der Waals surface area contributed by atoms with Crippen LogP contribution in [0.3, 0.4) is 0 Å². The zero-order valence-corrected chi connectivity index (χ0v) is 14.1. The van der Waals surface area contributed by atoms with Crippen LogP contribution in [0.15, 0.2) is 54.6 Å². The zero-order chi connectivity index (χ0) is 16.9. The van der Waals surface area contributed by atoms with Crippen molar-refractivity contribution in [2.24, 2.45) is 0 Å². The SMILES string of the molecule is Cc1ccc([C@H]2OC[C@@H](NC(=O)Cc3ccccc3)[C@H](C)O2)cc1. The number of hydrogen-bond acceptors (Lipinski definition) is 3. The highest BCUT2D eigenvalue weighted by molar-refractivity contribution is 5.78. The van der Waals surface area contributed by atoms with Crippen LogP contribution in [0.4, 0.5) is 0 Å². The first-order valence-corrected chi connectivity index (χ1v) is 8.29. The summed E-state index contributed by atoms with van der Waals surface area (Å²) < 4.78 is 11.7. The second kappa shape index (κ2) is 7.60. The molecular weight excluding hydrogens is 302 g/mol. The summed E-state index contributed by atoms with van der Waals surface area (Å²) in [6.45, 7) is 4.46. The van der Waals surface area contributed by atoms with Crippen LogP contribution >= 0.6 is 0 Å². The van der Waals surface area contributed by atoms with Gasteiger partial charge in [-0.2, -0.15) is 0 Å². The summed E-state index contributed by atoms with van der Waals surface area (Å²) in [5.74, 6) is -0.0148. The molecule has 1 saturated heterocycles. The summed E-state index contributed by atoms with van der Waals surface area (Å²) in [6.07, 6.45) is -0.113. The van der Waals surface area contributed by atoms with Gasteiger partial charge in [-0.05, 0) is 19.4 Å². The maximum absolute atomic E-state index is 12.2. The molecule has 1 fully saturated rings. The van der Waals surface area contributed by atoms with E-state index >= 15 is 0 Å². The molecule has 3 atom stereocenters. The molecule has 2 aromatic rings. The highest BCUT2D eigenvalue weighted by atomic mass is 16.7. The molecule has 0 aliphatic carbocycles. The standard InChI is InChI=1S/C20H23NO3/c1-14-8-10-17(11-9-14)20-23-13-18(15(2)24-20)21-19(22)12-16-6-4-3-5-7-16/h3-11,15,18,20H,12-13H2,1-2H3,(H,21,22)/t15-,18+,20-/m0/s1. The number of carbonyl (C=O) groups excluding carboxylic acids is 1. The molecule has 1 amide bonds. The van der Waals surface area contributed by atoms with E-state index in [2.05, 4.69) is 5.32 Å². The number of nitrogens with one attached hydrogen (secondary N) is 1. The largest absolute Gasteiger partial charge is 0.348 e. The summed E-state index contributed by atoms with van der Waals surface area (Å²) in [7, 11) is 0. The second-order valence-electron chi connectivity index (χ2n) is 6.25. The Kier molecular flexibility index (Phi) is 5.28. The van der Waals surface area contributed by atoms with Crippen LogP contribution in [0.1, 0.15) is 29.9 Å². The van der Waals surface area contributed by atoms with E-state index in [-0.39, 0.29) is 24.3 Å². The maximum atomic E-state index is 12.2. The van der Waals surface area contributed by atoms with Gasteiger partial charge in [0.05, 0.1) is 25.2 Å². The average Bonchev–Trinajstić information content (AvgIpc) is 2.58. The van der Waals surface area contributed by atoms with Crippen molar-refractivity contribution in [3.05, 3.63) is 71.3 Å². The fourth-order valence-corrected chi connectivity index (χ4v) is 2.75. The van der Waals surface area contributed by atoms with Crippen LogP contribution in [0, 0.1) is 6.92 Å². The van der Waals surface area contributed by atoms with Crippen molar-refractivity contribution in [1.29, 1.82) is 0 Å². The fraction of sp³-hybridized carbons (Fsp3) is 0.350. The Morgan fingerprint density at radius 2 is 1.83 bits per heavy atom. The average molecular weight is 325 g/mol. The smallest absolute Gasteiger partial charge is 0.224 e. The number of rotatable bonds is 4. The Bertz CT molecular complexity index is 669. The minimum Gasteiger partial charge on any atom is -0.348 e. The van der Waals surface area contributed by atoms with Crippen molar-refractivity contribution in [2.75, 3.05) is 6.61 Å². The van der Waals surface area contributed by atoms with Gasteiger partial charge in [-0.1, -0.05) is 60.2 Å². The van der Waals surface area contributed by atoms with Gasteiger partial charge >= 0.3 is 0 Å². The van der Waals surface area contributed by atoms with Crippen LogP contribution in [-0.2, 0) is 20.7 Å². The Morgan fingerprint density at radius 1 is 1.12 bits per heavy atom. The molecule has 1 heterocycles. The normalized spacial score (nSPS) is 23.7. The predicted molar refractivity (Wildman–Crippen MR) is 92.5 cm³/mol. The summed E-state index contributed by atoms with van der Waals surface area (Å²) >= 11 is 0. The van der Waals surface area contributed by atoms with Crippen LogP contribution < -0.4 is 5.32 Å². The fourth-order valence-electron chi connectivity index (χ4n) is 2.75. The van der Waals surface area contributed by atoms with Crippen molar-refractivity contribution in [2.45, 2.75) is 38.7 Å². The molecule has 24 heavy (non-hydrogen) atoms. The van der Waals surface area contributed by atoms with Gasteiger partial charge in [-0.15, -0.1) is 0 Å². The number of amides is 1. The summed E-state index contributed by atoms with van der Waals surface area (Å²) in [5.41, 5.74) is 3.20. The number of ether oxygens (including phenoxy) is 2. The summed E-state index contributed by atoms with van der Waals surface area (Å²) in [4.78, 5) is 12.2. The van der Waals surface area contributed by atoms with Crippen molar-refractivity contribution in [3.8, 4) is 0 Å². The molecule has 4 heteroatoms. The molecule has 0 radical (unpaired) electrons. The van der Waals surface area contributed by atoms with E-state index in [1.165, 1.54) is 5.56 Å². The lowest BCUT2D eigenvalue weighted by molar-refractivity contribution is -0.224. The van der Waals surface area contributed by atoms with Crippen molar-refractivity contribution in [3.63, 3.8) is 0 Å². The van der Waals surface area contributed by atoms with E-state index in [1.54, 1.807) is 0 Å². The number of carbonyl (C=O) groups is 1. The highest BCUT2D eigenvalue weighted by Crippen LogP contribution is 2.26. The second-order valence-corrected chi connectivity index (χ2v) is 6.25. The monoisotopic (exact) mass is 325 g/mol. The van der Waals surface area contributed by atoms with E-state index in [9.17, 15) is 4.79 Å². The van der Waals surface area contributed by atoms with Crippen molar-refractivity contribution in [1.82, 2.24) is 5.32 Å². The van der Waals surface area contributed by atoms with Gasteiger partial charge in [0.15, 0.2) is 6.29 Å². The van der Waals surface area contributed by atoms with Gasteiger partial charge in [-0.3, -0.25) is 4.79 Å². The minimum absolute atomic E-state index is 0.0148. The van der Waals surface area contributed by atoms with E-state index < -0.39 is 0 Å². The highest BCUT2D eigenvalue weighted by Gasteiger charge is 2.30. The van der Waals surface area contributed by atoms with Gasteiger partial charge in [0.1, 0.15) is 0 Å². The third-order valence-electron chi connectivity index (χ3n) is 4.24. The van der Waals surface area contributed by atoms with Crippen LogP contribution in [-0.4, -0.2) is 24.7 Å². The molecule has 1 aliphatic heterocycles. The van der Waals surface area contributed by atoms with Gasteiger partial charge < -0.3 is 14.8 Å². The van der Waals surface area contributed by atoms with E-state index in [0.717, 1.165) is 11.1 Å². The number of benzene rings is 2. The van der Waals surface area contributed by atoms with Gasteiger partial charge in [0.25, 0.3) is 0 Å². The minimum atomic E-state index is -0.372. The number of hydrogen-bond donors (Lipinski definition) is 1. The molecule has 0 unspecified atom stereocenters. The van der Waals surface area contributed by atoms with Gasteiger partial charge in [-0.25, -0.2) is 0 Å². The van der Waals surface area contributed by atoms with E-state index in [0.29, 0.717) is 13.0 Å². The van der Waals surface area contributed by atoms with Crippen molar-refractivity contribution >= 4 is 5.91 Å². The van der Waals surface area contributed by atoms with Crippen LogP contribution in [0.2, 0.25) is 0 Å². The first-order valence-electron chi connectivity index (χ1n) is 8.29. The molecule has 2 aromatic carbocycles. The van der Waals surface area contributed by atoms with E-state index in [4.69, 9.17) is 9.47 Å². The lowest BCUT2D eigenvalue weighted by atomic mass is 10.1. The molecular formula is C20H23NO3. The first-order chi connectivity index (χ1) is 11.6. The molecule has 0 aromatic heterocycles. The van der Waals surface area contributed by atoms with Crippen molar-refractivity contribution < 1.29 is 14.3 Å². The molecule has 0 spiro atoms. The van der Waals surface area contributed by atoms with Crippen LogP contribution in [0.25, 0.3) is 0 Å². The predicted octanol–water partition coefficient (Wildman–Crippen LogP) is 3.16. The Labute approximate surface area is 142 Å². The first kappa shape index (κ1) is 16.7. The topological polar surface area (TPSA) is 47.6 Å².